The Labute approximate surface area is 190 Å². The highest BCUT2D eigenvalue weighted by molar-refractivity contribution is 6.07. The molecule has 0 saturated heterocycles. The average molecular weight is 432 g/mol. The van der Waals surface area contributed by atoms with Gasteiger partial charge in [-0.1, -0.05) is 30.3 Å². The number of nitrogens with zero attached hydrogens (tertiary/aromatic N) is 3. The van der Waals surface area contributed by atoms with Gasteiger partial charge in [0, 0.05) is 22.2 Å². The quantitative estimate of drug-likeness (QED) is 0.285. The molecular formula is C27H20N4O2. The van der Waals surface area contributed by atoms with Crippen LogP contribution in [0.4, 0.5) is 0 Å². The lowest BCUT2D eigenvalue weighted by atomic mass is 10.1. The molecule has 0 fully saturated rings. The molecule has 5 rings (SSSR count). The number of fused-ring (bicyclic) bond motifs is 3. The van der Waals surface area contributed by atoms with Crippen molar-refractivity contribution in [3.05, 3.63) is 93.4 Å². The summed E-state index contributed by atoms with van der Waals surface area (Å²) in [5, 5.41) is 11.6. The summed E-state index contributed by atoms with van der Waals surface area (Å²) in [5.74, 6) is 0.994. The van der Waals surface area contributed by atoms with Gasteiger partial charge in [0.2, 0.25) is 5.70 Å². The lowest BCUT2D eigenvalue weighted by molar-refractivity contribution is 0.499. The number of hydrogen-bond donors (Lipinski definition) is 1. The summed E-state index contributed by atoms with van der Waals surface area (Å²) < 4.78 is 12.7. The van der Waals surface area contributed by atoms with Crippen LogP contribution in [0.3, 0.4) is 0 Å². The zero-order chi connectivity index (χ0) is 23.3. The van der Waals surface area contributed by atoms with Gasteiger partial charge in [-0.05, 0) is 51.0 Å². The highest BCUT2D eigenvalue weighted by atomic mass is 16.5. The number of rotatable bonds is 3. The van der Waals surface area contributed by atoms with Crippen LogP contribution in [0.5, 0.6) is 5.75 Å². The molecule has 1 aliphatic heterocycles. The molecule has 2 aromatic heterocycles. The molecular weight excluding hydrogens is 412 g/mol. The molecule has 4 aromatic rings. The zero-order valence-corrected chi connectivity index (χ0v) is 18.7. The second kappa shape index (κ2) is 7.55. The van der Waals surface area contributed by atoms with Crippen LogP contribution in [0.15, 0.2) is 68.8 Å². The van der Waals surface area contributed by atoms with E-state index in [9.17, 15) is 5.26 Å². The predicted molar refractivity (Wildman–Crippen MR) is 129 cm³/mol. The van der Waals surface area contributed by atoms with E-state index in [4.69, 9.17) is 15.7 Å². The Morgan fingerprint density at radius 1 is 1.09 bits per heavy atom. The van der Waals surface area contributed by atoms with E-state index < -0.39 is 0 Å². The van der Waals surface area contributed by atoms with Gasteiger partial charge in [-0.3, -0.25) is 4.99 Å². The van der Waals surface area contributed by atoms with Crippen LogP contribution in [-0.4, -0.2) is 10.7 Å². The van der Waals surface area contributed by atoms with Crippen LogP contribution in [-0.2, 0) is 0 Å². The first-order valence-electron chi connectivity index (χ1n) is 10.5. The first kappa shape index (κ1) is 20.4. The number of aromatic nitrogens is 1. The van der Waals surface area contributed by atoms with E-state index in [1.165, 1.54) is 0 Å². The topological polar surface area (TPSA) is 78.7 Å². The predicted octanol–water partition coefficient (Wildman–Crippen LogP) is 6.82. The number of hydrogen-bond acceptors (Lipinski definition) is 4. The molecule has 0 aliphatic carbocycles. The van der Waals surface area contributed by atoms with Gasteiger partial charge in [-0.25, -0.2) is 4.85 Å². The molecule has 0 bridgehead atoms. The molecule has 160 valence electrons. The van der Waals surface area contributed by atoms with E-state index in [1.54, 1.807) is 0 Å². The smallest absolute Gasteiger partial charge is 0.213 e. The van der Waals surface area contributed by atoms with Crippen molar-refractivity contribution in [2.45, 2.75) is 27.7 Å². The van der Waals surface area contributed by atoms with Gasteiger partial charge in [0.1, 0.15) is 11.7 Å². The molecule has 1 N–H and O–H groups in total. The van der Waals surface area contributed by atoms with Crippen LogP contribution < -0.4 is 4.74 Å². The molecule has 3 heterocycles. The van der Waals surface area contributed by atoms with Gasteiger partial charge in [0.25, 0.3) is 0 Å². The molecule has 0 spiro atoms. The summed E-state index contributed by atoms with van der Waals surface area (Å²) in [6, 6.07) is 15.9. The van der Waals surface area contributed by atoms with Crippen molar-refractivity contribution in [2.75, 3.05) is 0 Å². The van der Waals surface area contributed by atoms with Crippen LogP contribution in [0, 0.1) is 31.8 Å². The second-order valence-corrected chi connectivity index (χ2v) is 8.03. The number of aryl methyl sites for hydroxylation is 1. The van der Waals surface area contributed by atoms with E-state index in [0.29, 0.717) is 45.5 Å². The summed E-state index contributed by atoms with van der Waals surface area (Å²) in [5.41, 5.74) is 6.61. The number of nitriles is 1. The molecule has 0 saturated carbocycles. The number of nitrogens with one attached hydrogen (secondary N) is 1. The monoisotopic (exact) mass is 432 g/mol. The van der Waals surface area contributed by atoms with Crippen LogP contribution in [0.2, 0.25) is 0 Å². The second-order valence-electron chi connectivity index (χ2n) is 8.03. The first-order chi connectivity index (χ1) is 15.9. The minimum atomic E-state index is 0.459. The molecule has 6 heteroatoms. The van der Waals surface area contributed by atoms with E-state index in [0.717, 1.165) is 33.2 Å². The van der Waals surface area contributed by atoms with E-state index in [1.807, 2.05) is 70.2 Å². The number of allylic oxidation sites excluding steroid dienone is 2. The maximum absolute atomic E-state index is 9.63. The third-order valence-electron chi connectivity index (χ3n) is 6.02. The van der Waals surface area contributed by atoms with Crippen molar-refractivity contribution in [3.8, 4) is 11.8 Å². The number of benzene rings is 2. The zero-order valence-electron chi connectivity index (χ0n) is 18.7. The van der Waals surface area contributed by atoms with Crippen molar-refractivity contribution in [3.63, 3.8) is 0 Å². The Morgan fingerprint density at radius 3 is 2.55 bits per heavy atom. The van der Waals surface area contributed by atoms with E-state index in [2.05, 4.69) is 20.9 Å². The normalized spacial score (nSPS) is 15.0. The fraction of sp³-hybridized carbons (Fsp3) is 0.148. The first-order valence-corrected chi connectivity index (χ1v) is 10.5. The standard InChI is InChI=1S/C27H20N4O2/c1-14-20(13-28)16(3)30-24(14)27(25-15(2)23(29-5)17(4)31-25)33-22-12-8-10-19-18-9-6-7-11-21(18)32-26(19)22/h6-12,30H,1-4H3. The minimum Gasteiger partial charge on any atom is -0.452 e. The van der Waals surface area contributed by atoms with Gasteiger partial charge in [-0.15, -0.1) is 0 Å². The van der Waals surface area contributed by atoms with Gasteiger partial charge >= 0.3 is 0 Å². The average Bonchev–Trinajstić information content (AvgIpc) is 3.42. The van der Waals surface area contributed by atoms with Crippen molar-refractivity contribution >= 4 is 33.4 Å². The van der Waals surface area contributed by atoms with E-state index >= 15 is 0 Å². The fourth-order valence-electron chi connectivity index (χ4n) is 4.35. The maximum atomic E-state index is 9.63. The van der Waals surface area contributed by atoms with Gasteiger partial charge in [-0.2, -0.15) is 5.26 Å². The Balaban J connectivity index is 1.78. The highest BCUT2D eigenvalue weighted by Crippen LogP contribution is 2.40. The Hall–Kier alpha value is -4.55. The molecule has 33 heavy (non-hydrogen) atoms. The molecule has 0 radical (unpaired) electrons. The molecule has 6 nitrogen and oxygen atoms in total. The van der Waals surface area contributed by atoms with Crippen molar-refractivity contribution in [1.82, 2.24) is 4.98 Å². The number of ether oxygens (including phenoxy) is 1. The largest absolute Gasteiger partial charge is 0.452 e. The summed E-state index contributed by atoms with van der Waals surface area (Å²) in [6.45, 7) is 15.0. The Morgan fingerprint density at radius 2 is 1.85 bits per heavy atom. The molecule has 0 unspecified atom stereocenters. The fourth-order valence-corrected chi connectivity index (χ4v) is 4.35. The molecule has 1 aliphatic rings. The van der Waals surface area contributed by atoms with Gasteiger partial charge in [0.05, 0.1) is 23.5 Å². The van der Waals surface area contributed by atoms with Crippen LogP contribution >= 0.6 is 0 Å². The summed E-state index contributed by atoms with van der Waals surface area (Å²) in [7, 11) is 0. The van der Waals surface area contributed by atoms with E-state index in [-0.39, 0.29) is 0 Å². The maximum Gasteiger partial charge on any atom is 0.213 e. The van der Waals surface area contributed by atoms with Crippen LogP contribution in [0.1, 0.15) is 36.4 Å². The summed E-state index contributed by atoms with van der Waals surface area (Å²) in [4.78, 5) is 11.6. The third kappa shape index (κ3) is 3.04. The number of H-pyrrole nitrogens is 1. The van der Waals surface area contributed by atoms with Gasteiger partial charge < -0.3 is 14.1 Å². The number of aromatic amines is 1. The van der Waals surface area contributed by atoms with Crippen molar-refractivity contribution < 1.29 is 9.15 Å². The van der Waals surface area contributed by atoms with Gasteiger partial charge in [0.15, 0.2) is 17.1 Å². The Bertz CT molecular complexity index is 1650. The van der Waals surface area contributed by atoms with Crippen LogP contribution in [0.25, 0.3) is 32.5 Å². The molecule has 0 atom stereocenters. The highest BCUT2D eigenvalue weighted by Gasteiger charge is 2.27. The molecule has 2 aromatic carbocycles. The number of furan rings is 1. The minimum absolute atomic E-state index is 0.459. The third-order valence-corrected chi connectivity index (χ3v) is 6.02. The van der Waals surface area contributed by atoms with Crippen molar-refractivity contribution in [1.29, 1.82) is 5.26 Å². The van der Waals surface area contributed by atoms with Crippen molar-refractivity contribution in [2.24, 2.45) is 4.99 Å². The summed E-state index contributed by atoms with van der Waals surface area (Å²) in [6.07, 6.45) is 0. The lowest BCUT2D eigenvalue weighted by Crippen LogP contribution is -2.02. The SMILES string of the molecule is [C-]#[N+]C1=C(C)C(=C(Oc2cccc3c2oc2ccccc23)c2[nH]c(C)c(C#N)c2C)N=C1C. The Kier molecular flexibility index (Phi) is 4.65. The lowest BCUT2D eigenvalue weighted by Gasteiger charge is -2.14. The number of para-hydroxylation sites is 2. The number of aliphatic imine (C=N–C) groups is 1. The summed E-state index contributed by atoms with van der Waals surface area (Å²) >= 11 is 0. The molecule has 0 amide bonds.